The van der Waals surface area contributed by atoms with E-state index >= 15 is 0 Å². The molecule has 21 heavy (non-hydrogen) atoms. The summed E-state index contributed by atoms with van der Waals surface area (Å²) in [7, 11) is 0. The zero-order valence-electron chi connectivity index (χ0n) is 13.6. The number of hydrogen-bond donors (Lipinski definition) is 2. The van der Waals surface area contributed by atoms with Crippen LogP contribution in [-0.4, -0.2) is 17.9 Å². The van der Waals surface area contributed by atoms with Crippen molar-refractivity contribution in [2.45, 2.75) is 52.5 Å². The van der Waals surface area contributed by atoms with Gasteiger partial charge in [-0.15, -0.1) is 0 Å². The molecule has 0 spiro atoms. The third-order valence-electron chi connectivity index (χ3n) is 3.82. The summed E-state index contributed by atoms with van der Waals surface area (Å²) in [5.74, 6) is -0.746. The first-order valence-corrected chi connectivity index (χ1v) is 7.37. The van der Waals surface area contributed by atoms with E-state index in [0.29, 0.717) is 5.56 Å². The van der Waals surface area contributed by atoms with E-state index in [2.05, 4.69) is 26.1 Å². The first-order chi connectivity index (χ1) is 9.66. The van der Waals surface area contributed by atoms with E-state index in [4.69, 9.17) is 5.73 Å². The van der Waals surface area contributed by atoms with Crippen molar-refractivity contribution in [3.63, 3.8) is 0 Å². The fourth-order valence-electron chi connectivity index (χ4n) is 2.08. The van der Waals surface area contributed by atoms with Crippen molar-refractivity contribution in [2.75, 3.05) is 0 Å². The van der Waals surface area contributed by atoms with Crippen LogP contribution in [0.1, 0.15) is 57.0 Å². The number of primary amides is 1. The molecule has 3 N–H and O–H groups in total. The first kappa shape index (κ1) is 17.2. The van der Waals surface area contributed by atoms with E-state index in [1.165, 1.54) is 0 Å². The highest BCUT2D eigenvalue weighted by Crippen LogP contribution is 2.22. The Morgan fingerprint density at radius 3 is 2.10 bits per heavy atom. The molecule has 2 atom stereocenters. The van der Waals surface area contributed by atoms with Crippen LogP contribution in [0.3, 0.4) is 0 Å². The van der Waals surface area contributed by atoms with Gasteiger partial charge in [-0.05, 0) is 29.0 Å². The SMILES string of the molecule is CC[C@@H](C)[C@@H](NC(=O)c1ccc(C(C)(C)C)cc1)C(N)=O. The second-order valence-electron chi connectivity index (χ2n) is 6.57. The van der Waals surface area contributed by atoms with E-state index < -0.39 is 11.9 Å². The lowest BCUT2D eigenvalue weighted by molar-refractivity contribution is -0.120. The lowest BCUT2D eigenvalue weighted by Gasteiger charge is -2.22. The summed E-state index contributed by atoms with van der Waals surface area (Å²) in [5, 5.41) is 2.73. The summed E-state index contributed by atoms with van der Waals surface area (Å²) in [5.41, 5.74) is 7.11. The molecule has 0 aromatic heterocycles. The fraction of sp³-hybridized carbons (Fsp3) is 0.529. The molecule has 0 heterocycles. The molecule has 2 amide bonds. The number of carbonyl (C=O) groups excluding carboxylic acids is 2. The van der Waals surface area contributed by atoms with Gasteiger partial charge < -0.3 is 11.1 Å². The third-order valence-corrected chi connectivity index (χ3v) is 3.82. The summed E-state index contributed by atoms with van der Waals surface area (Å²) < 4.78 is 0. The molecule has 1 rings (SSSR count). The number of nitrogens with one attached hydrogen (secondary N) is 1. The lowest BCUT2D eigenvalue weighted by Crippen LogP contribution is -2.48. The van der Waals surface area contributed by atoms with E-state index in [1.807, 2.05) is 26.0 Å². The van der Waals surface area contributed by atoms with Crippen LogP contribution in [0.2, 0.25) is 0 Å². The predicted octanol–water partition coefficient (Wildman–Crippen LogP) is 2.61. The standard InChI is InChI=1S/C17H26N2O2/c1-6-11(2)14(15(18)20)19-16(21)12-7-9-13(10-8-12)17(3,4)5/h7-11,14H,6H2,1-5H3,(H2,18,20)(H,19,21)/t11-,14-/m1/s1. The number of nitrogens with two attached hydrogens (primary N) is 1. The number of rotatable bonds is 5. The molecular formula is C17H26N2O2. The molecule has 0 saturated heterocycles. The molecular weight excluding hydrogens is 264 g/mol. The van der Waals surface area contributed by atoms with Crippen molar-refractivity contribution in [1.82, 2.24) is 5.32 Å². The van der Waals surface area contributed by atoms with Gasteiger partial charge >= 0.3 is 0 Å². The molecule has 0 aliphatic rings. The Morgan fingerprint density at radius 2 is 1.71 bits per heavy atom. The maximum Gasteiger partial charge on any atom is 0.251 e. The minimum absolute atomic E-state index is 0.0142. The van der Waals surface area contributed by atoms with Gasteiger partial charge in [0.25, 0.3) is 5.91 Å². The topological polar surface area (TPSA) is 72.2 Å². The highest BCUT2D eigenvalue weighted by molar-refractivity contribution is 5.97. The maximum atomic E-state index is 12.2. The predicted molar refractivity (Wildman–Crippen MR) is 85.0 cm³/mol. The van der Waals surface area contributed by atoms with Crippen LogP contribution in [0.5, 0.6) is 0 Å². The van der Waals surface area contributed by atoms with Gasteiger partial charge in [0, 0.05) is 5.56 Å². The third kappa shape index (κ3) is 4.59. The second-order valence-corrected chi connectivity index (χ2v) is 6.57. The molecule has 0 saturated carbocycles. The van der Waals surface area contributed by atoms with Crippen molar-refractivity contribution in [2.24, 2.45) is 11.7 Å². The molecule has 0 unspecified atom stereocenters. The maximum absolute atomic E-state index is 12.2. The van der Waals surface area contributed by atoms with Gasteiger partial charge in [-0.25, -0.2) is 0 Å². The second kappa shape index (κ2) is 6.74. The van der Waals surface area contributed by atoms with Crippen LogP contribution in [0.4, 0.5) is 0 Å². The van der Waals surface area contributed by atoms with Gasteiger partial charge in [-0.3, -0.25) is 9.59 Å². The minimum atomic E-state index is -0.634. The number of benzene rings is 1. The van der Waals surface area contributed by atoms with Crippen molar-refractivity contribution in [3.8, 4) is 0 Å². The fourth-order valence-corrected chi connectivity index (χ4v) is 2.08. The minimum Gasteiger partial charge on any atom is -0.368 e. The van der Waals surface area contributed by atoms with Gasteiger partial charge in [0.1, 0.15) is 6.04 Å². The van der Waals surface area contributed by atoms with Crippen molar-refractivity contribution in [1.29, 1.82) is 0 Å². The Balaban J connectivity index is 2.86. The summed E-state index contributed by atoms with van der Waals surface area (Å²) in [6.07, 6.45) is 0.775. The van der Waals surface area contributed by atoms with Gasteiger partial charge in [-0.2, -0.15) is 0 Å². The van der Waals surface area contributed by atoms with Crippen LogP contribution < -0.4 is 11.1 Å². The summed E-state index contributed by atoms with van der Waals surface area (Å²) in [4.78, 5) is 23.7. The summed E-state index contributed by atoms with van der Waals surface area (Å²) >= 11 is 0. The molecule has 0 bridgehead atoms. The average Bonchev–Trinajstić information content (AvgIpc) is 2.42. The van der Waals surface area contributed by atoms with Crippen LogP contribution in [-0.2, 0) is 10.2 Å². The molecule has 4 heteroatoms. The van der Waals surface area contributed by atoms with Gasteiger partial charge in [-0.1, -0.05) is 53.2 Å². The Hall–Kier alpha value is -1.84. The molecule has 116 valence electrons. The van der Waals surface area contributed by atoms with E-state index in [9.17, 15) is 9.59 Å². The largest absolute Gasteiger partial charge is 0.368 e. The zero-order valence-corrected chi connectivity index (χ0v) is 13.6. The highest BCUT2D eigenvalue weighted by Gasteiger charge is 2.24. The van der Waals surface area contributed by atoms with E-state index in [1.54, 1.807) is 12.1 Å². The molecule has 1 aromatic rings. The Kier molecular flexibility index (Phi) is 5.53. The van der Waals surface area contributed by atoms with Gasteiger partial charge in [0.05, 0.1) is 0 Å². The van der Waals surface area contributed by atoms with Crippen molar-refractivity contribution >= 4 is 11.8 Å². The monoisotopic (exact) mass is 290 g/mol. The van der Waals surface area contributed by atoms with E-state index in [-0.39, 0.29) is 17.2 Å². The summed E-state index contributed by atoms with van der Waals surface area (Å²) in [6.45, 7) is 10.2. The summed E-state index contributed by atoms with van der Waals surface area (Å²) in [6, 6.07) is 6.81. The van der Waals surface area contributed by atoms with Gasteiger partial charge in [0.15, 0.2) is 0 Å². The van der Waals surface area contributed by atoms with Crippen LogP contribution in [0.15, 0.2) is 24.3 Å². The lowest BCUT2D eigenvalue weighted by atomic mass is 9.86. The quantitative estimate of drug-likeness (QED) is 0.875. The van der Waals surface area contributed by atoms with Crippen molar-refractivity contribution < 1.29 is 9.59 Å². The van der Waals surface area contributed by atoms with Crippen LogP contribution in [0, 0.1) is 5.92 Å². The molecule has 0 aliphatic carbocycles. The highest BCUT2D eigenvalue weighted by atomic mass is 16.2. The smallest absolute Gasteiger partial charge is 0.251 e. The van der Waals surface area contributed by atoms with Crippen LogP contribution in [0.25, 0.3) is 0 Å². The molecule has 1 aromatic carbocycles. The van der Waals surface area contributed by atoms with Crippen LogP contribution >= 0.6 is 0 Å². The van der Waals surface area contributed by atoms with Gasteiger partial charge in [0.2, 0.25) is 5.91 Å². The molecule has 0 fully saturated rings. The average molecular weight is 290 g/mol. The Labute approximate surface area is 127 Å². The van der Waals surface area contributed by atoms with Crippen molar-refractivity contribution in [3.05, 3.63) is 35.4 Å². The normalized spacial score (nSPS) is 14.3. The Morgan fingerprint density at radius 1 is 1.19 bits per heavy atom. The first-order valence-electron chi connectivity index (χ1n) is 7.37. The molecule has 0 radical (unpaired) electrons. The number of hydrogen-bond acceptors (Lipinski definition) is 2. The molecule has 4 nitrogen and oxygen atoms in total. The number of carbonyl (C=O) groups is 2. The zero-order chi connectivity index (χ0) is 16.2. The molecule has 0 aliphatic heterocycles. The van der Waals surface area contributed by atoms with E-state index in [0.717, 1.165) is 12.0 Å². The Bertz CT molecular complexity index is 501. The number of amides is 2.